The Kier molecular flexibility index (Phi) is 6.03. The lowest BCUT2D eigenvalue weighted by molar-refractivity contribution is -0.301. The van der Waals surface area contributed by atoms with Crippen molar-refractivity contribution in [3.8, 4) is 5.75 Å². The molecule has 0 saturated heterocycles. The van der Waals surface area contributed by atoms with Crippen LogP contribution in [0.25, 0.3) is 0 Å². The third-order valence-electron chi connectivity index (χ3n) is 2.43. The molecule has 116 valence electrons. The molecule has 0 heterocycles. The number of benzene rings is 1. The molecule has 7 nitrogen and oxygen atoms in total. The molecule has 1 aromatic carbocycles. The summed E-state index contributed by atoms with van der Waals surface area (Å²) in [5.74, 6) is -2.70. The van der Waals surface area contributed by atoms with Gasteiger partial charge in [0.25, 0.3) is 0 Å². The van der Waals surface area contributed by atoms with Gasteiger partial charge in [-0.3, -0.25) is 4.79 Å². The smallest absolute Gasteiger partial charge is 0.234 e. The molecular weight excluding hydrogens is 318 g/mol. The fourth-order valence-electron chi connectivity index (χ4n) is 1.39. The average molecular weight is 332 g/mol. The van der Waals surface area contributed by atoms with Crippen LogP contribution in [0.3, 0.4) is 0 Å². The molecule has 0 bridgehead atoms. The molecule has 0 spiro atoms. The van der Waals surface area contributed by atoms with Gasteiger partial charge < -0.3 is 20.3 Å². The molecule has 2 N–H and O–H groups in total. The number of hydrogen-bond acceptors (Lipinski definition) is 7. The van der Waals surface area contributed by atoms with Gasteiger partial charge in [-0.05, 0) is 18.2 Å². The SMILES string of the molecule is CCS(=O)(=O)c1ccc(O)c(NC(=O)CSCC(=O)[O-])c1. The van der Waals surface area contributed by atoms with Gasteiger partial charge in [-0.1, -0.05) is 6.92 Å². The minimum atomic E-state index is -3.46. The summed E-state index contributed by atoms with van der Waals surface area (Å²) >= 11 is 0.835. The molecule has 1 aromatic rings. The number of phenolic OH excluding ortho intramolecular Hbond substituents is 1. The number of rotatable bonds is 7. The van der Waals surface area contributed by atoms with Gasteiger partial charge in [0.05, 0.1) is 28.1 Å². The highest BCUT2D eigenvalue weighted by atomic mass is 32.2. The minimum Gasteiger partial charge on any atom is -0.549 e. The summed E-state index contributed by atoms with van der Waals surface area (Å²) in [6, 6.07) is 3.58. The van der Waals surface area contributed by atoms with E-state index in [9.17, 15) is 28.2 Å². The van der Waals surface area contributed by atoms with Gasteiger partial charge in [0.2, 0.25) is 5.91 Å². The average Bonchev–Trinajstić information content (AvgIpc) is 2.40. The summed E-state index contributed by atoms with van der Waals surface area (Å²) in [6.45, 7) is 1.48. The summed E-state index contributed by atoms with van der Waals surface area (Å²) in [5.41, 5.74) is -0.0384. The molecule has 0 aliphatic heterocycles. The number of aliphatic carboxylic acids is 1. The number of amides is 1. The summed E-state index contributed by atoms with van der Waals surface area (Å²) in [4.78, 5) is 21.8. The lowest BCUT2D eigenvalue weighted by Crippen LogP contribution is -2.25. The van der Waals surface area contributed by atoms with Gasteiger partial charge in [0, 0.05) is 5.75 Å². The Morgan fingerprint density at radius 3 is 2.57 bits per heavy atom. The van der Waals surface area contributed by atoms with Crippen LogP contribution in [0.2, 0.25) is 0 Å². The van der Waals surface area contributed by atoms with Crippen LogP contribution in [0.4, 0.5) is 5.69 Å². The Labute approximate surface area is 126 Å². The number of carbonyl (C=O) groups excluding carboxylic acids is 2. The van der Waals surface area contributed by atoms with Crippen molar-refractivity contribution >= 4 is 39.2 Å². The van der Waals surface area contributed by atoms with Crippen LogP contribution < -0.4 is 10.4 Å². The Morgan fingerprint density at radius 1 is 1.33 bits per heavy atom. The monoisotopic (exact) mass is 332 g/mol. The highest BCUT2D eigenvalue weighted by Gasteiger charge is 2.15. The quantitative estimate of drug-likeness (QED) is 0.651. The Balaban J connectivity index is 2.81. The maximum Gasteiger partial charge on any atom is 0.234 e. The normalized spacial score (nSPS) is 11.1. The van der Waals surface area contributed by atoms with Crippen LogP contribution >= 0.6 is 11.8 Å². The molecule has 0 aromatic heterocycles. The van der Waals surface area contributed by atoms with Crippen LogP contribution in [-0.2, 0) is 19.4 Å². The molecule has 0 unspecified atom stereocenters. The van der Waals surface area contributed by atoms with E-state index in [0.717, 1.165) is 17.8 Å². The van der Waals surface area contributed by atoms with E-state index in [0.29, 0.717) is 0 Å². The van der Waals surface area contributed by atoms with Crippen LogP contribution in [0.1, 0.15) is 6.92 Å². The van der Waals surface area contributed by atoms with E-state index in [1.807, 2.05) is 0 Å². The Morgan fingerprint density at radius 2 is 2.00 bits per heavy atom. The van der Waals surface area contributed by atoms with E-state index < -0.39 is 21.7 Å². The van der Waals surface area contributed by atoms with Crippen molar-refractivity contribution < 1.29 is 28.2 Å². The van der Waals surface area contributed by atoms with Crippen molar-refractivity contribution in [2.75, 3.05) is 22.6 Å². The highest BCUT2D eigenvalue weighted by molar-refractivity contribution is 8.00. The third-order valence-corrected chi connectivity index (χ3v) is 5.07. The first kappa shape index (κ1) is 17.3. The lowest BCUT2D eigenvalue weighted by atomic mass is 10.3. The van der Waals surface area contributed by atoms with Crippen LogP contribution in [-0.4, -0.2) is 42.7 Å². The predicted molar refractivity (Wildman–Crippen MR) is 76.8 cm³/mol. The molecule has 21 heavy (non-hydrogen) atoms. The molecule has 0 aliphatic carbocycles. The summed E-state index contributed by atoms with van der Waals surface area (Å²) in [5, 5.41) is 22.2. The van der Waals surface area contributed by atoms with Gasteiger partial charge in [0.1, 0.15) is 5.75 Å². The first-order chi connectivity index (χ1) is 9.76. The van der Waals surface area contributed by atoms with Crippen LogP contribution in [0.15, 0.2) is 23.1 Å². The zero-order chi connectivity index (χ0) is 16.0. The van der Waals surface area contributed by atoms with Crippen molar-refractivity contribution in [1.82, 2.24) is 0 Å². The molecule has 0 aliphatic rings. The van der Waals surface area contributed by atoms with E-state index in [-0.39, 0.29) is 33.6 Å². The fourth-order valence-corrected chi connectivity index (χ4v) is 2.82. The third kappa shape index (κ3) is 5.27. The number of nitrogens with one attached hydrogen (secondary N) is 1. The summed E-state index contributed by atoms with van der Waals surface area (Å²) in [7, 11) is -3.46. The number of aromatic hydroxyl groups is 1. The first-order valence-electron chi connectivity index (χ1n) is 5.89. The number of hydrogen-bond donors (Lipinski definition) is 2. The number of sulfone groups is 1. The van der Waals surface area contributed by atoms with Crippen molar-refractivity contribution in [3.05, 3.63) is 18.2 Å². The van der Waals surface area contributed by atoms with Gasteiger partial charge >= 0.3 is 0 Å². The molecular formula is C12H14NO6S2-. The Bertz CT molecular complexity index is 641. The predicted octanol–water partition coefficient (Wildman–Crippen LogP) is -0.393. The van der Waals surface area contributed by atoms with Crippen molar-refractivity contribution in [1.29, 1.82) is 0 Å². The second kappa shape index (κ2) is 7.32. The first-order valence-corrected chi connectivity index (χ1v) is 8.70. The molecule has 0 fully saturated rings. The van der Waals surface area contributed by atoms with E-state index >= 15 is 0 Å². The number of thioether (sulfide) groups is 1. The number of phenols is 1. The minimum absolute atomic E-state index is 0.0134. The lowest BCUT2D eigenvalue weighted by Gasteiger charge is -2.09. The summed E-state index contributed by atoms with van der Waals surface area (Å²) in [6.07, 6.45) is 0. The maximum atomic E-state index is 11.7. The number of carboxylic acid groups (broad SMARTS) is 1. The van der Waals surface area contributed by atoms with Gasteiger partial charge in [-0.25, -0.2) is 8.42 Å². The fraction of sp³-hybridized carbons (Fsp3) is 0.333. The number of anilines is 1. The zero-order valence-corrected chi connectivity index (χ0v) is 12.8. The molecule has 9 heteroatoms. The molecule has 0 atom stereocenters. The van der Waals surface area contributed by atoms with E-state index in [4.69, 9.17) is 0 Å². The zero-order valence-electron chi connectivity index (χ0n) is 11.2. The van der Waals surface area contributed by atoms with E-state index in [2.05, 4.69) is 5.32 Å². The summed E-state index contributed by atoms with van der Waals surface area (Å²) < 4.78 is 23.5. The van der Waals surface area contributed by atoms with Gasteiger partial charge in [-0.15, -0.1) is 11.8 Å². The second-order valence-corrected chi connectivity index (χ2v) is 7.26. The molecule has 0 saturated carbocycles. The maximum absolute atomic E-state index is 11.7. The highest BCUT2D eigenvalue weighted by Crippen LogP contribution is 2.27. The molecule has 1 amide bonds. The van der Waals surface area contributed by atoms with Gasteiger partial charge in [0.15, 0.2) is 9.84 Å². The van der Waals surface area contributed by atoms with Crippen molar-refractivity contribution in [2.24, 2.45) is 0 Å². The van der Waals surface area contributed by atoms with E-state index in [1.165, 1.54) is 19.1 Å². The number of carbonyl (C=O) groups is 2. The van der Waals surface area contributed by atoms with E-state index in [1.54, 1.807) is 0 Å². The molecule has 1 rings (SSSR count). The van der Waals surface area contributed by atoms with Crippen LogP contribution in [0, 0.1) is 0 Å². The van der Waals surface area contributed by atoms with Crippen molar-refractivity contribution in [2.45, 2.75) is 11.8 Å². The second-order valence-electron chi connectivity index (χ2n) is 4.00. The van der Waals surface area contributed by atoms with Crippen LogP contribution in [0.5, 0.6) is 5.75 Å². The topological polar surface area (TPSA) is 124 Å². The largest absolute Gasteiger partial charge is 0.549 e. The van der Waals surface area contributed by atoms with Crippen molar-refractivity contribution in [3.63, 3.8) is 0 Å². The Hall–Kier alpha value is -1.74. The number of carboxylic acids is 1. The molecule has 0 radical (unpaired) electrons. The standard InChI is InChI=1S/C12H15NO6S2/c1-2-21(18,19)8-3-4-10(14)9(5-8)13-11(15)6-20-7-12(16)17/h3-5,14H,2,6-7H2,1H3,(H,13,15)(H,16,17)/p-1. The van der Waals surface area contributed by atoms with Gasteiger partial charge in [-0.2, -0.15) is 0 Å².